The first-order valence-corrected chi connectivity index (χ1v) is 10.3. The molecule has 2 N–H and O–H groups in total. The molecule has 2 unspecified atom stereocenters. The number of nitrogens with one attached hydrogen (secondary N) is 2. The molecule has 0 bridgehead atoms. The van der Waals surface area contributed by atoms with Crippen molar-refractivity contribution in [1.29, 1.82) is 0 Å². The number of benzene rings is 1. The highest BCUT2D eigenvalue weighted by atomic mass is 16.6. The van der Waals surface area contributed by atoms with Crippen LogP contribution in [0.3, 0.4) is 0 Å². The van der Waals surface area contributed by atoms with E-state index in [1.54, 1.807) is 12.1 Å². The summed E-state index contributed by atoms with van der Waals surface area (Å²) in [5.41, 5.74) is 1.04. The van der Waals surface area contributed by atoms with E-state index < -0.39 is 0 Å². The fraction of sp³-hybridized carbons (Fsp3) is 0.650. The van der Waals surface area contributed by atoms with Gasteiger partial charge in [-0.1, -0.05) is 19.1 Å². The van der Waals surface area contributed by atoms with Crippen LogP contribution < -0.4 is 10.6 Å². The maximum Gasteiger partial charge on any atom is 0.269 e. The zero-order chi connectivity index (χ0) is 19.8. The van der Waals surface area contributed by atoms with Gasteiger partial charge in [0.15, 0.2) is 5.96 Å². The van der Waals surface area contributed by atoms with Crippen molar-refractivity contribution in [3.8, 4) is 0 Å². The van der Waals surface area contributed by atoms with Gasteiger partial charge in [0, 0.05) is 37.9 Å². The molecule has 2 aliphatic rings. The van der Waals surface area contributed by atoms with Crippen molar-refractivity contribution in [3.05, 3.63) is 39.9 Å². The molecule has 0 aromatic heterocycles. The molecule has 0 saturated carbocycles. The summed E-state index contributed by atoms with van der Waals surface area (Å²) in [7, 11) is 0. The fourth-order valence-corrected chi connectivity index (χ4v) is 3.84. The monoisotopic (exact) mass is 389 g/mol. The Kier molecular flexibility index (Phi) is 7.62. The van der Waals surface area contributed by atoms with E-state index in [1.807, 2.05) is 0 Å². The van der Waals surface area contributed by atoms with Crippen LogP contribution in [0.15, 0.2) is 29.3 Å². The lowest BCUT2D eigenvalue weighted by Crippen LogP contribution is -2.46. The van der Waals surface area contributed by atoms with Crippen molar-refractivity contribution in [2.24, 2.45) is 4.99 Å². The van der Waals surface area contributed by atoms with Gasteiger partial charge in [0.25, 0.3) is 5.69 Å². The lowest BCUT2D eigenvalue weighted by molar-refractivity contribution is -0.384. The second kappa shape index (κ2) is 10.4. The first-order valence-electron chi connectivity index (χ1n) is 10.3. The van der Waals surface area contributed by atoms with Crippen LogP contribution in [0.5, 0.6) is 0 Å². The minimum atomic E-state index is -0.385. The van der Waals surface area contributed by atoms with Crippen molar-refractivity contribution in [2.75, 3.05) is 32.8 Å². The van der Waals surface area contributed by atoms with Gasteiger partial charge in [0.2, 0.25) is 0 Å². The number of likely N-dealkylation sites (N-methyl/N-ethyl adjacent to an activating group) is 1. The van der Waals surface area contributed by atoms with E-state index >= 15 is 0 Å². The van der Waals surface area contributed by atoms with E-state index in [4.69, 9.17) is 9.73 Å². The predicted molar refractivity (Wildman–Crippen MR) is 109 cm³/mol. The summed E-state index contributed by atoms with van der Waals surface area (Å²) in [6.45, 7) is 7.37. The van der Waals surface area contributed by atoms with E-state index in [0.29, 0.717) is 12.6 Å². The third-order valence-corrected chi connectivity index (χ3v) is 5.50. The number of ether oxygens (including phenoxy) is 1. The molecule has 2 heterocycles. The van der Waals surface area contributed by atoms with Crippen LogP contribution in [0.1, 0.15) is 38.2 Å². The Labute approximate surface area is 166 Å². The van der Waals surface area contributed by atoms with Gasteiger partial charge in [-0.3, -0.25) is 15.0 Å². The Balaban J connectivity index is 1.58. The third-order valence-electron chi connectivity index (χ3n) is 5.50. The van der Waals surface area contributed by atoms with Crippen LogP contribution in [0, 0.1) is 10.1 Å². The smallest absolute Gasteiger partial charge is 0.269 e. The summed E-state index contributed by atoms with van der Waals surface area (Å²) >= 11 is 0. The Morgan fingerprint density at radius 2 is 2.04 bits per heavy atom. The SMILES string of the molecule is CCN1CCCC1CNC(=NCc1ccc([N+](=O)[O-])cc1)NCC1CCCO1. The highest BCUT2D eigenvalue weighted by Crippen LogP contribution is 2.16. The van der Waals surface area contributed by atoms with E-state index in [-0.39, 0.29) is 16.7 Å². The van der Waals surface area contributed by atoms with Crippen LogP contribution in [0.25, 0.3) is 0 Å². The molecule has 1 aromatic rings. The molecule has 28 heavy (non-hydrogen) atoms. The lowest BCUT2D eigenvalue weighted by atomic mass is 10.2. The maximum absolute atomic E-state index is 10.8. The molecule has 8 nitrogen and oxygen atoms in total. The first-order chi connectivity index (χ1) is 13.7. The van der Waals surface area contributed by atoms with Crippen LogP contribution >= 0.6 is 0 Å². The van der Waals surface area contributed by atoms with Crippen LogP contribution in [-0.4, -0.2) is 60.7 Å². The van der Waals surface area contributed by atoms with Gasteiger partial charge in [-0.15, -0.1) is 0 Å². The molecule has 8 heteroatoms. The second-order valence-electron chi connectivity index (χ2n) is 7.41. The average Bonchev–Trinajstić information content (AvgIpc) is 3.39. The number of nitro groups is 1. The van der Waals surface area contributed by atoms with E-state index in [2.05, 4.69) is 22.5 Å². The minimum Gasteiger partial charge on any atom is -0.376 e. The maximum atomic E-state index is 10.8. The number of hydrogen-bond acceptors (Lipinski definition) is 5. The summed E-state index contributed by atoms with van der Waals surface area (Å²) in [6.07, 6.45) is 4.89. The minimum absolute atomic E-state index is 0.100. The van der Waals surface area contributed by atoms with Crippen molar-refractivity contribution < 1.29 is 9.66 Å². The highest BCUT2D eigenvalue weighted by molar-refractivity contribution is 5.79. The van der Waals surface area contributed by atoms with Gasteiger partial charge in [-0.05, 0) is 44.3 Å². The van der Waals surface area contributed by atoms with Crippen molar-refractivity contribution in [3.63, 3.8) is 0 Å². The van der Waals surface area contributed by atoms with Crippen molar-refractivity contribution >= 4 is 11.6 Å². The second-order valence-corrected chi connectivity index (χ2v) is 7.41. The number of likely N-dealkylation sites (tertiary alicyclic amines) is 1. The van der Waals surface area contributed by atoms with E-state index in [0.717, 1.165) is 50.6 Å². The van der Waals surface area contributed by atoms with Gasteiger partial charge in [0.1, 0.15) is 0 Å². The number of nitrogens with zero attached hydrogens (tertiary/aromatic N) is 3. The topological polar surface area (TPSA) is 92.0 Å². The molecule has 0 spiro atoms. The number of aliphatic imine (C=N–C) groups is 1. The van der Waals surface area contributed by atoms with Gasteiger partial charge in [-0.25, -0.2) is 4.99 Å². The van der Waals surface area contributed by atoms with Gasteiger partial charge in [0.05, 0.1) is 17.6 Å². The van der Waals surface area contributed by atoms with Gasteiger partial charge >= 0.3 is 0 Å². The number of guanidine groups is 1. The largest absolute Gasteiger partial charge is 0.376 e. The molecule has 3 rings (SSSR count). The summed E-state index contributed by atoms with van der Waals surface area (Å²) in [4.78, 5) is 17.6. The molecule has 154 valence electrons. The molecule has 2 saturated heterocycles. The fourth-order valence-electron chi connectivity index (χ4n) is 3.84. The molecular weight excluding hydrogens is 358 g/mol. The Morgan fingerprint density at radius 3 is 2.71 bits per heavy atom. The highest BCUT2D eigenvalue weighted by Gasteiger charge is 2.23. The molecule has 0 aliphatic carbocycles. The Morgan fingerprint density at radius 1 is 1.25 bits per heavy atom. The van der Waals surface area contributed by atoms with E-state index in [9.17, 15) is 10.1 Å². The summed E-state index contributed by atoms with van der Waals surface area (Å²) in [5.74, 6) is 0.775. The van der Waals surface area contributed by atoms with Crippen LogP contribution in [-0.2, 0) is 11.3 Å². The number of nitro benzene ring substituents is 1. The van der Waals surface area contributed by atoms with Crippen molar-refractivity contribution in [1.82, 2.24) is 15.5 Å². The van der Waals surface area contributed by atoms with Crippen LogP contribution in [0.4, 0.5) is 5.69 Å². The van der Waals surface area contributed by atoms with Crippen molar-refractivity contribution in [2.45, 2.75) is 51.3 Å². The average molecular weight is 390 g/mol. The lowest BCUT2D eigenvalue weighted by Gasteiger charge is -2.24. The molecule has 1 aromatic carbocycles. The molecule has 2 atom stereocenters. The zero-order valence-electron chi connectivity index (χ0n) is 16.6. The Bertz CT molecular complexity index is 658. The zero-order valence-corrected chi connectivity index (χ0v) is 16.6. The third kappa shape index (κ3) is 5.90. The Hall–Kier alpha value is -2.19. The quantitative estimate of drug-likeness (QED) is 0.307. The van der Waals surface area contributed by atoms with Crippen LogP contribution in [0.2, 0.25) is 0 Å². The van der Waals surface area contributed by atoms with Gasteiger partial charge < -0.3 is 15.4 Å². The molecule has 0 amide bonds. The predicted octanol–water partition coefficient (Wildman–Crippen LogP) is 2.29. The van der Waals surface area contributed by atoms with Gasteiger partial charge in [-0.2, -0.15) is 0 Å². The summed E-state index contributed by atoms with van der Waals surface area (Å²) in [6, 6.07) is 7.11. The number of rotatable bonds is 8. The number of non-ortho nitro benzene ring substituents is 1. The normalized spacial score (nSPS) is 23.1. The molecule has 0 radical (unpaired) electrons. The molecule has 2 fully saturated rings. The standard InChI is InChI=1S/C20H31N5O3/c1-2-24-11-3-5-18(24)14-22-20(23-15-19-6-4-12-28-19)21-13-16-7-9-17(10-8-16)25(26)27/h7-10,18-19H,2-6,11-15H2,1H3,(H2,21,22,23). The number of hydrogen-bond donors (Lipinski definition) is 2. The summed E-state index contributed by atoms with van der Waals surface area (Å²) < 4.78 is 5.70. The summed E-state index contributed by atoms with van der Waals surface area (Å²) in [5, 5.41) is 17.7. The first kappa shape index (κ1) is 20.5. The van der Waals surface area contributed by atoms with E-state index in [1.165, 1.54) is 31.5 Å². The molecular formula is C20H31N5O3. The molecule has 2 aliphatic heterocycles.